The van der Waals surface area contributed by atoms with E-state index in [2.05, 4.69) is 16.7 Å². The zero-order chi connectivity index (χ0) is 22.8. The molecule has 0 spiro atoms. The molecule has 2 heterocycles. The molecule has 3 aromatic rings. The summed E-state index contributed by atoms with van der Waals surface area (Å²) in [6, 6.07) is 16.5. The van der Waals surface area contributed by atoms with Crippen LogP contribution >= 0.6 is 0 Å². The quantitative estimate of drug-likeness (QED) is 0.477. The van der Waals surface area contributed by atoms with Gasteiger partial charge < -0.3 is 15.2 Å². The van der Waals surface area contributed by atoms with Crippen LogP contribution in [0, 0.1) is 20.8 Å². The van der Waals surface area contributed by atoms with E-state index in [9.17, 15) is 14.4 Å². The van der Waals surface area contributed by atoms with Crippen molar-refractivity contribution < 1.29 is 14.4 Å². The van der Waals surface area contributed by atoms with Crippen molar-refractivity contribution in [2.75, 3.05) is 11.9 Å². The van der Waals surface area contributed by atoms with Crippen LogP contribution in [0.15, 0.2) is 66.5 Å². The number of imide groups is 1. The second-order valence-electron chi connectivity index (χ2n) is 7.87. The monoisotopic (exact) mass is 428 g/mol. The first-order valence-corrected chi connectivity index (χ1v) is 10.3. The van der Waals surface area contributed by atoms with Crippen LogP contribution in [0.2, 0.25) is 0 Å². The number of carbonyl (C=O) groups is 3. The Bertz CT molecular complexity index is 1260. The zero-order valence-electron chi connectivity index (χ0n) is 18.2. The largest absolute Gasteiger partial charge is 0.329 e. The summed E-state index contributed by atoms with van der Waals surface area (Å²) in [5.74, 6) is -0.985. The highest BCUT2D eigenvalue weighted by molar-refractivity contribution is 6.15. The number of rotatable bonds is 5. The highest BCUT2D eigenvalue weighted by Crippen LogP contribution is 2.20. The van der Waals surface area contributed by atoms with Crippen molar-refractivity contribution in [1.29, 1.82) is 0 Å². The fourth-order valence-electron chi connectivity index (χ4n) is 3.55. The molecule has 1 fully saturated rings. The molecule has 2 N–H and O–H groups in total. The van der Waals surface area contributed by atoms with Crippen LogP contribution in [0.25, 0.3) is 11.8 Å². The highest BCUT2D eigenvalue weighted by Gasteiger charge is 2.35. The van der Waals surface area contributed by atoms with Gasteiger partial charge in [-0.15, -0.1) is 0 Å². The number of aromatic nitrogens is 1. The number of hydrogen-bond acceptors (Lipinski definition) is 3. The average Bonchev–Trinajstić information content (AvgIpc) is 3.30. The zero-order valence-corrected chi connectivity index (χ0v) is 18.2. The molecule has 1 aromatic heterocycles. The molecule has 0 atom stereocenters. The predicted molar refractivity (Wildman–Crippen MR) is 123 cm³/mol. The molecule has 0 saturated carbocycles. The van der Waals surface area contributed by atoms with E-state index in [0.717, 1.165) is 27.4 Å². The van der Waals surface area contributed by atoms with E-state index in [-0.39, 0.29) is 12.2 Å². The highest BCUT2D eigenvalue weighted by atomic mass is 16.2. The van der Waals surface area contributed by atoms with E-state index in [1.54, 1.807) is 12.1 Å². The van der Waals surface area contributed by atoms with Crippen molar-refractivity contribution in [3.63, 3.8) is 0 Å². The number of anilines is 1. The normalized spacial score (nSPS) is 14.7. The Labute approximate surface area is 186 Å². The molecule has 0 unspecified atom stereocenters. The van der Waals surface area contributed by atoms with Crippen molar-refractivity contribution in [3.05, 3.63) is 88.9 Å². The maximum atomic E-state index is 12.8. The van der Waals surface area contributed by atoms with Crippen LogP contribution < -0.4 is 10.6 Å². The number of carbonyl (C=O) groups excluding carboxylic acids is 3. The lowest BCUT2D eigenvalue weighted by Crippen LogP contribution is -2.38. The van der Waals surface area contributed by atoms with Crippen molar-refractivity contribution in [2.24, 2.45) is 0 Å². The van der Waals surface area contributed by atoms with Gasteiger partial charge in [-0.05, 0) is 79.9 Å². The van der Waals surface area contributed by atoms with Gasteiger partial charge in [0, 0.05) is 23.3 Å². The van der Waals surface area contributed by atoms with Gasteiger partial charge in [-0.25, -0.2) is 9.69 Å². The minimum atomic E-state index is -0.620. The molecule has 2 aromatic carbocycles. The Balaban J connectivity index is 1.51. The Kier molecular flexibility index (Phi) is 5.64. The van der Waals surface area contributed by atoms with Gasteiger partial charge in [0.25, 0.3) is 5.91 Å². The molecular formula is C25H24N4O3. The van der Waals surface area contributed by atoms with Crippen LogP contribution in [-0.2, 0) is 9.59 Å². The van der Waals surface area contributed by atoms with Crippen LogP contribution in [-0.4, -0.2) is 33.9 Å². The molecule has 1 aliphatic heterocycles. The van der Waals surface area contributed by atoms with Gasteiger partial charge in [0.05, 0.1) is 0 Å². The molecular weight excluding hydrogens is 404 g/mol. The Morgan fingerprint density at radius 2 is 1.81 bits per heavy atom. The number of amides is 4. The van der Waals surface area contributed by atoms with Crippen LogP contribution in [0.1, 0.15) is 22.4 Å². The fraction of sp³-hybridized carbons (Fsp3) is 0.160. The summed E-state index contributed by atoms with van der Waals surface area (Å²) in [7, 11) is 0. The number of urea groups is 1. The van der Waals surface area contributed by atoms with Gasteiger partial charge in [-0.1, -0.05) is 18.2 Å². The molecule has 4 rings (SSSR count). The SMILES string of the molecule is Cc1cccc(NC(=O)CN2C(=O)N/C(=C/c3cccn3-c3ccc(C)c(C)c3)C2=O)c1. The van der Waals surface area contributed by atoms with Gasteiger partial charge in [0.1, 0.15) is 12.2 Å². The van der Waals surface area contributed by atoms with E-state index < -0.39 is 17.8 Å². The van der Waals surface area contributed by atoms with Crippen LogP contribution in [0.3, 0.4) is 0 Å². The summed E-state index contributed by atoms with van der Waals surface area (Å²) < 4.78 is 1.94. The number of nitrogens with one attached hydrogen (secondary N) is 2. The van der Waals surface area contributed by atoms with Gasteiger partial charge in [-0.2, -0.15) is 0 Å². The van der Waals surface area contributed by atoms with Gasteiger partial charge in [0.15, 0.2) is 0 Å². The summed E-state index contributed by atoms with van der Waals surface area (Å²) in [6.45, 7) is 5.64. The smallest absolute Gasteiger partial charge is 0.325 e. The second-order valence-corrected chi connectivity index (χ2v) is 7.87. The van der Waals surface area contributed by atoms with E-state index in [1.165, 1.54) is 5.56 Å². The number of hydrogen-bond donors (Lipinski definition) is 2. The van der Waals surface area contributed by atoms with Gasteiger partial charge >= 0.3 is 6.03 Å². The molecule has 1 aliphatic rings. The predicted octanol–water partition coefficient (Wildman–Crippen LogP) is 3.93. The topological polar surface area (TPSA) is 83.4 Å². The van der Waals surface area contributed by atoms with Crippen molar-refractivity contribution in [3.8, 4) is 5.69 Å². The molecule has 0 bridgehead atoms. The van der Waals surface area contributed by atoms with Gasteiger partial charge in [0.2, 0.25) is 5.91 Å². The first-order chi connectivity index (χ1) is 15.3. The number of nitrogens with zero attached hydrogens (tertiary/aromatic N) is 2. The maximum absolute atomic E-state index is 12.8. The lowest BCUT2D eigenvalue weighted by Gasteiger charge is -2.12. The summed E-state index contributed by atoms with van der Waals surface area (Å²) >= 11 is 0. The second kappa shape index (κ2) is 8.55. The first-order valence-electron chi connectivity index (χ1n) is 10.3. The first kappa shape index (κ1) is 21.1. The molecule has 0 radical (unpaired) electrons. The van der Waals surface area contributed by atoms with Crippen LogP contribution in [0.5, 0.6) is 0 Å². The molecule has 0 aliphatic carbocycles. The standard InChI is InChI=1S/C25H24N4O3/c1-16-6-4-7-19(12-16)26-23(30)15-29-24(31)22(27-25(29)32)14-20-8-5-11-28(20)21-10-9-17(2)18(3)13-21/h4-14H,15H2,1-3H3,(H,26,30)(H,27,32)/b22-14+. The molecule has 4 amide bonds. The summed E-state index contributed by atoms with van der Waals surface area (Å²) in [5.41, 5.74) is 5.78. The average molecular weight is 428 g/mol. The summed E-state index contributed by atoms with van der Waals surface area (Å²) in [4.78, 5) is 38.5. The third-order valence-electron chi connectivity index (χ3n) is 5.41. The summed E-state index contributed by atoms with van der Waals surface area (Å²) in [5, 5.41) is 5.29. The Morgan fingerprint density at radius 1 is 1.00 bits per heavy atom. The van der Waals surface area contributed by atoms with Crippen LogP contribution in [0.4, 0.5) is 10.5 Å². The number of benzene rings is 2. The molecule has 7 heteroatoms. The van der Waals surface area contributed by atoms with E-state index in [1.807, 2.05) is 74.0 Å². The fourth-order valence-corrected chi connectivity index (χ4v) is 3.55. The van der Waals surface area contributed by atoms with Crippen molar-refractivity contribution >= 4 is 29.6 Å². The lowest BCUT2D eigenvalue weighted by atomic mass is 10.1. The minimum Gasteiger partial charge on any atom is -0.325 e. The van der Waals surface area contributed by atoms with E-state index >= 15 is 0 Å². The molecule has 32 heavy (non-hydrogen) atoms. The van der Waals surface area contributed by atoms with E-state index in [4.69, 9.17) is 0 Å². The maximum Gasteiger partial charge on any atom is 0.329 e. The lowest BCUT2D eigenvalue weighted by molar-refractivity contribution is -0.127. The van der Waals surface area contributed by atoms with Gasteiger partial charge in [-0.3, -0.25) is 9.59 Å². The molecule has 7 nitrogen and oxygen atoms in total. The third-order valence-corrected chi connectivity index (χ3v) is 5.41. The molecule has 162 valence electrons. The summed E-state index contributed by atoms with van der Waals surface area (Å²) in [6.07, 6.45) is 3.51. The molecule has 1 saturated heterocycles. The Morgan fingerprint density at radius 3 is 2.56 bits per heavy atom. The van der Waals surface area contributed by atoms with E-state index in [0.29, 0.717) is 5.69 Å². The van der Waals surface area contributed by atoms with Crippen molar-refractivity contribution in [1.82, 2.24) is 14.8 Å². The Hall–Kier alpha value is -4.13. The van der Waals surface area contributed by atoms with Crippen molar-refractivity contribution in [2.45, 2.75) is 20.8 Å². The number of aryl methyl sites for hydroxylation is 3. The minimum absolute atomic E-state index is 0.127. The third kappa shape index (κ3) is 4.32.